The van der Waals surface area contributed by atoms with Crippen molar-refractivity contribution in [1.82, 2.24) is 9.88 Å². The molecule has 1 amide bonds. The summed E-state index contributed by atoms with van der Waals surface area (Å²) in [5.41, 5.74) is 12.3. The zero-order valence-corrected chi connectivity index (χ0v) is 22.1. The van der Waals surface area contributed by atoms with Gasteiger partial charge in [0.1, 0.15) is 0 Å². The molecule has 3 aliphatic carbocycles. The largest absolute Gasteiger partial charge is 0.448 e. The number of carbonyl (C=O) groups excluding carboxylic acids is 1. The molecule has 0 saturated heterocycles. The van der Waals surface area contributed by atoms with Crippen molar-refractivity contribution < 1.29 is 14.3 Å². The van der Waals surface area contributed by atoms with Gasteiger partial charge in [-0.3, -0.25) is 9.59 Å². The Kier molecular flexibility index (Phi) is 4.98. The highest BCUT2D eigenvalue weighted by Crippen LogP contribution is 2.61. The van der Waals surface area contributed by atoms with Crippen molar-refractivity contribution >= 4 is 5.91 Å². The van der Waals surface area contributed by atoms with Crippen LogP contribution in [0.2, 0.25) is 0 Å². The summed E-state index contributed by atoms with van der Waals surface area (Å²) >= 11 is 0. The Morgan fingerprint density at radius 3 is 2.19 bits per heavy atom. The number of aromatic nitrogens is 1. The van der Waals surface area contributed by atoms with Crippen LogP contribution in [0.5, 0.6) is 11.5 Å². The quantitative estimate of drug-likeness (QED) is 0.665. The summed E-state index contributed by atoms with van der Waals surface area (Å²) in [5, 5.41) is 0. The van der Waals surface area contributed by atoms with Gasteiger partial charge in [0.05, 0.1) is 6.54 Å². The number of aryl methyl sites for hydroxylation is 2. The number of ether oxygens (including phenoxy) is 2. The van der Waals surface area contributed by atoms with Crippen LogP contribution in [0.1, 0.15) is 89.3 Å². The van der Waals surface area contributed by atoms with E-state index in [1.165, 1.54) is 0 Å². The molecule has 3 heterocycles. The molecule has 192 valence electrons. The molecule has 2 aromatic rings. The van der Waals surface area contributed by atoms with Gasteiger partial charge in [-0.1, -0.05) is 0 Å². The number of hydrogen-bond acceptors (Lipinski definition) is 5. The molecule has 1 aromatic heterocycles. The Hall–Kier alpha value is -2.80. The zero-order chi connectivity index (χ0) is 25.6. The molecule has 3 saturated carbocycles. The lowest BCUT2D eigenvalue weighted by Crippen LogP contribution is -2.62. The first-order valence-electron chi connectivity index (χ1n) is 13.3. The Balaban J connectivity index is 1.34. The summed E-state index contributed by atoms with van der Waals surface area (Å²) < 4.78 is 13.5. The zero-order valence-electron chi connectivity index (χ0n) is 22.1. The van der Waals surface area contributed by atoms with Gasteiger partial charge in [-0.25, -0.2) is 0 Å². The molecular formula is C29H37N3O4. The third kappa shape index (κ3) is 3.21. The molecule has 1 atom stereocenters. The predicted molar refractivity (Wildman–Crippen MR) is 138 cm³/mol. The Bertz CT molecular complexity index is 1330. The van der Waals surface area contributed by atoms with E-state index in [2.05, 4.69) is 11.9 Å². The number of nitrogens with one attached hydrogen (secondary N) is 1. The summed E-state index contributed by atoms with van der Waals surface area (Å²) in [6, 6.07) is 1.96. The summed E-state index contributed by atoms with van der Waals surface area (Å²) in [6.07, 6.45) is 6.75. The molecule has 7 heteroatoms. The standard InChI is InChI=1S/C29H37N3O4/c1-16-14-17(2)31-25(33)21(16)15-32-13-6-20-18(3)23-24(19(4)22(20)26(32)34)36-27(5,35-23)28-7-10-29(30,11-8-28)12-9-28/h14H,6-13,15,30H2,1-5H3,(H,31,33). The van der Waals surface area contributed by atoms with Crippen molar-refractivity contribution in [2.75, 3.05) is 6.54 Å². The van der Waals surface area contributed by atoms with Crippen LogP contribution >= 0.6 is 0 Å². The molecule has 3 N–H and O–H groups in total. The lowest BCUT2D eigenvalue weighted by molar-refractivity contribution is -0.201. The highest BCUT2D eigenvalue weighted by molar-refractivity contribution is 6.00. The lowest BCUT2D eigenvalue weighted by Gasteiger charge is -2.56. The number of H-pyrrole nitrogens is 1. The number of fused-ring (bicyclic) bond motifs is 5. The number of nitrogens with two attached hydrogens (primary N) is 1. The van der Waals surface area contributed by atoms with E-state index in [9.17, 15) is 9.59 Å². The summed E-state index contributed by atoms with van der Waals surface area (Å²) in [5.74, 6) is 0.701. The fourth-order valence-corrected chi connectivity index (χ4v) is 7.30. The fraction of sp³-hybridized carbons (Fsp3) is 0.586. The van der Waals surface area contributed by atoms with Crippen LogP contribution in [-0.4, -0.2) is 33.7 Å². The molecule has 36 heavy (non-hydrogen) atoms. The van der Waals surface area contributed by atoms with E-state index in [-0.39, 0.29) is 22.4 Å². The first kappa shape index (κ1) is 23.6. The lowest BCUT2D eigenvalue weighted by atomic mass is 9.54. The van der Waals surface area contributed by atoms with Crippen LogP contribution in [0.15, 0.2) is 10.9 Å². The second-order valence-electron chi connectivity index (χ2n) is 12.0. The monoisotopic (exact) mass is 491 g/mol. The maximum absolute atomic E-state index is 13.8. The van der Waals surface area contributed by atoms with E-state index in [1.54, 1.807) is 4.90 Å². The molecule has 7 nitrogen and oxygen atoms in total. The van der Waals surface area contributed by atoms with E-state index in [0.717, 1.165) is 78.6 Å². The molecule has 2 aliphatic heterocycles. The van der Waals surface area contributed by atoms with Crippen LogP contribution in [0.4, 0.5) is 0 Å². The van der Waals surface area contributed by atoms with Crippen LogP contribution < -0.4 is 20.8 Å². The van der Waals surface area contributed by atoms with Gasteiger partial charge in [0.15, 0.2) is 11.5 Å². The molecule has 1 aromatic carbocycles. The van der Waals surface area contributed by atoms with Crippen molar-refractivity contribution in [3.8, 4) is 11.5 Å². The summed E-state index contributed by atoms with van der Waals surface area (Å²) in [7, 11) is 0. The van der Waals surface area contributed by atoms with Crippen LogP contribution in [0.3, 0.4) is 0 Å². The van der Waals surface area contributed by atoms with E-state index < -0.39 is 5.79 Å². The molecule has 7 rings (SSSR count). The average Bonchev–Trinajstić information content (AvgIpc) is 3.21. The van der Waals surface area contributed by atoms with Crippen LogP contribution in [-0.2, 0) is 13.0 Å². The fourth-order valence-electron chi connectivity index (χ4n) is 7.30. The van der Waals surface area contributed by atoms with Gasteiger partial charge >= 0.3 is 0 Å². The van der Waals surface area contributed by atoms with Gasteiger partial charge in [-0.15, -0.1) is 0 Å². The maximum Gasteiger partial charge on any atom is 0.254 e. The number of pyridine rings is 1. The first-order valence-corrected chi connectivity index (χ1v) is 13.3. The van der Waals surface area contributed by atoms with Crippen molar-refractivity contribution in [3.63, 3.8) is 0 Å². The summed E-state index contributed by atoms with van der Waals surface area (Å²) in [4.78, 5) is 31.1. The number of aromatic amines is 1. The van der Waals surface area contributed by atoms with Crippen molar-refractivity contribution in [2.24, 2.45) is 11.1 Å². The van der Waals surface area contributed by atoms with Crippen LogP contribution in [0.25, 0.3) is 0 Å². The van der Waals surface area contributed by atoms with Gasteiger partial charge in [0.2, 0.25) is 0 Å². The molecule has 3 fully saturated rings. The normalized spacial score (nSPS) is 30.6. The number of nitrogens with zero attached hydrogens (tertiary/aromatic N) is 1. The molecule has 5 aliphatic rings. The third-order valence-electron chi connectivity index (χ3n) is 9.85. The predicted octanol–water partition coefficient (Wildman–Crippen LogP) is 4.35. The van der Waals surface area contributed by atoms with Gasteiger partial charge in [-0.05, 0) is 95.4 Å². The van der Waals surface area contributed by atoms with E-state index in [1.807, 2.05) is 33.8 Å². The molecule has 1 unspecified atom stereocenters. The minimum absolute atomic E-state index is 0.0259. The van der Waals surface area contributed by atoms with Gasteiger partial charge in [-0.2, -0.15) is 0 Å². The number of hydrogen-bond donors (Lipinski definition) is 2. The van der Waals surface area contributed by atoms with Crippen LogP contribution in [0, 0.1) is 33.1 Å². The second-order valence-corrected chi connectivity index (χ2v) is 12.0. The van der Waals surface area contributed by atoms with E-state index in [4.69, 9.17) is 15.2 Å². The third-order valence-corrected chi connectivity index (χ3v) is 9.85. The minimum atomic E-state index is -0.758. The summed E-state index contributed by atoms with van der Waals surface area (Å²) in [6.45, 7) is 10.8. The Morgan fingerprint density at radius 2 is 1.58 bits per heavy atom. The Morgan fingerprint density at radius 1 is 0.972 bits per heavy atom. The Labute approximate surface area is 212 Å². The van der Waals surface area contributed by atoms with Gasteiger partial charge in [0.25, 0.3) is 17.3 Å². The molecule has 0 radical (unpaired) electrons. The smallest absolute Gasteiger partial charge is 0.254 e. The number of carbonyl (C=O) groups is 1. The van der Waals surface area contributed by atoms with Gasteiger partial charge < -0.3 is 25.1 Å². The molecule has 0 spiro atoms. The average molecular weight is 492 g/mol. The van der Waals surface area contributed by atoms with Crippen molar-refractivity contribution in [2.45, 2.75) is 97.4 Å². The minimum Gasteiger partial charge on any atom is -0.448 e. The SMILES string of the molecule is Cc1cc(C)c(CN2CCc3c(C)c4c(c(C)c3C2=O)OC(C)(C23CCC(N)(CC2)CC3)O4)c(=O)[nH]1. The number of rotatable bonds is 3. The van der Waals surface area contributed by atoms with Gasteiger partial charge in [0, 0.05) is 46.8 Å². The molecular weight excluding hydrogens is 454 g/mol. The highest BCUT2D eigenvalue weighted by Gasteiger charge is 2.61. The topological polar surface area (TPSA) is 97.7 Å². The van der Waals surface area contributed by atoms with Crippen molar-refractivity contribution in [1.29, 1.82) is 0 Å². The highest BCUT2D eigenvalue weighted by atomic mass is 16.7. The number of amides is 1. The first-order chi connectivity index (χ1) is 17.0. The number of benzene rings is 1. The molecule has 2 bridgehead atoms. The van der Waals surface area contributed by atoms with Crippen molar-refractivity contribution in [3.05, 3.63) is 55.5 Å². The van der Waals surface area contributed by atoms with E-state index >= 15 is 0 Å². The maximum atomic E-state index is 13.8. The second kappa shape index (κ2) is 7.60. The van der Waals surface area contributed by atoms with E-state index in [0.29, 0.717) is 30.0 Å².